The summed E-state index contributed by atoms with van der Waals surface area (Å²) in [7, 11) is -1.61. The zero-order chi connectivity index (χ0) is 21.6. The zero-order valence-electron chi connectivity index (χ0n) is 17.2. The highest BCUT2D eigenvalue weighted by Gasteiger charge is 2.27. The normalized spacial score (nSPS) is 15.0. The monoisotopic (exact) mass is 449 g/mol. The first-order valence-corrected chi connectivity index (χ1v) is 12.1. The van der Waals surface area contributed by atoms with E-state index >= 15 is 0 Å². The maximum Gasteiger partial charge on any atom is 0.252 e. The molecule has 0 aromatic heterocycles. The van der Waals surface area contributed by atoms with E-state index in [1.54, 1.807) is 0 Å². The van der Waals surface area contributed by atoms with Crippen LogP contribution in [0.4, 0.5) is 5.69 Å². The lowest BCUT2D eigenvalue weighted by atomic mass is 10.2. The molecule has 30 heavy (non-hydrogen) atoms. The Kier molecular flexibility index (Phi) is 7.75. The molecule has 0 spiro atoms. The van der Waals surface area contributed by atoms with Crippen LogP contribution in [0.5, 0.6) is 0 Å². The Hall–Kier alpha value is -2.09. The number of sulfonamides is 1. The van der Waals surface area contributed by atoms with E-state index in [1.807, 2.05) is 37.4 Å². The van der Waals surface area contributed by atoms with E-state index in [2.05, 4.69) is 10.2 Å². The van der Waals surface area contributed by atoms with Crippen LogP contribution in [0.2, 0.25) is 5.02 Å². The highest BCUT2D eigenvalue weighted by molar-refractivity contribution is 7.89. The molecule has 1 amide bonds. The number of hydrogen-bond acceptors (Lipinski definition) is 4. The Balaban J connectivity index is 1.59. The van der Waals surface area contributed by atoms with Gasteiger partial charge in [-0.1, -0.05) is 36.2 Å². The van der Waals surface area contributed by atoms with Crippen LogP contribution in [0.1, 0.15) is 36.0 Å². The van der Waals surface area contributed by atoms with Crippen molar-refractivity contribution in [3.05, 3.63) is 59.1 Å². The predicted octanol–water partition coefficient (Wildman–Crippen LogP) is 3.77. The van der Waals surface area contributed by atoms with E-state index in [1.165, 1.54) is 22.5 Å². The Morgan fingerprint density at radius 3 is 2.50 bits per heavy atom. The number of rotatable bonds is 8. The fraction of sp³-hybridized carbons (Fsp3) is 0.409. The fourth-order valence-corrected chi connectivity index (χ4v) is 5.27. The number of benzene rings is 2. The molecule has 8 heteroatoms. The quantitative estimate of drug-likeness (QED) is 0.623. The van der Waals surface area contributed by atoms with Gasteiger partial charge in [0.05, 0.1) is 15.5 Å². The molecule has 2 aromatic carbocycles. The summed E-state index contributed by atoms with van der Waals surface area (Å²) in [6.45, 7) is 2.28. The van der Waals surface area contributed by atoms with Gasteiger partial charge in [-0.3, -0.25) is 4.79 Å². The second-order valence-corrected chi connectivity index (χ2v) is 9.82. The van der Waals surface area contributed by atoms with E-state index in [0.29, 0.717) is 19.6 Å². The molecule has 1 heterocycles. The molecule has 6 nitrogen and oxygen atoms in total. The lowest BCUT2D eigenvalue weighted by molar-refractivity contribution is 0.0953. The Labute approximate surface area is 183 Å². The highest BCUT2D eigenvalue weighted by atomic mass is 35.5. The minimum atomic E-state index is -3.61. The van der Waals surface area contributed by atoms with Crippen LogP contribution in [-0.4, -0.2) is 51.9 Å². The largest absolute Gasteiger partial charge is 0.375 e. The van der Waals surface area contributed by atoms with Crippen molar-refractivity contribution in [3.63, 3.8) is 0 Å². The summed E-state index contributed by atoms with van der Waals surface area (Å²) in [6, 6.07) is 14.4. The molecular weight excluding hydrogens is 422 g/mol. The number of carbonyl (C=O) groups is 1. The van der Waals surface area contributed by atoms with Gasteiger partial charge in [-0.05, 0) is 49.6 Å². The van der Waals surface area contributed by atoms with Gasteiger partial charge < -0.3 is 10.2 Å². The smallest absolute Gasteiger partial charge is 0.252 e. The topological polar surface area (TPSA) is 69.7 Å². The third-order valence-corrected chi connectivity index (χ3v) is 7.51. The van der Waals surface area contributed by atoms with Crippen LogP contribution < -0.4 is 10.2 Å². The van der Waals surface area contributed by atoms with Crippen LogP contribution in [-0.2, 0) is 10.0 Å². The first kappa shape index (κ1) is 22.6. The van der Waals surface area contributed by atoms with E-state index in [4.69, 9.17) is 11.6 Å². The summed E-state index contributed by atoms with van der Waals surface area (Å²) in [4.78, 5) is 14.8. The van der Waals surface area contributed by atoms with Crippen molar-refractivity contribution in [3.8, 4) is 0 Å². The molecule has 162 valence electrons. The molecule has 1 saturated heterocycles. The minimum Gasteiger partial charge on any atom is -0.375 e. The van der Waals surface area contributed by atoms with Crippen molar-refractivity contribution in [1.29, 1.82) is 0 Å². The SMILES string of the molecule is CN(CCCNC(=O)c1cc(S(=O)(=O)N2CCCCC2)ccc1Cl)c1ccccc1. The van der Waals surface area contributed by atoms with Gasteiger partial charge in [0.15, 0.2) is 0 Å². The summed E-state index contributed by atoms with van der Waals surface area (Å²) in [5.41, 5.74) is 1.30. The third-order valence-electron chi connectivity index (χ3n) is 5.29. The molecule has 2 aromatic rings. The average Bonchev–Trinajstić information content (AvgIpc) is 2.77. The molecule has 0 saturated carbocycles. The first-order chi connectivity index (χ1) is 14.4. The number of hydrogen-bond donors (Lipinski definition) is 1. The third kappa shape index (κ3) is 5.53. The summed E-state index contributed by atoms with van der Waals surface area (Å²) in [5.74, 6) is -0.363. The van der Waals surface area contributed by atoms with E-state index in [0.717, 1.165) is 37.9 Å². The van der Waals surface area contributed by atoms with Gasteiger partial charge in [0, 0.05) is 38.9 Å². The molecule has 1 aliphatic heterocycles. The van der Waals surface area contributed by atoms with E-state index in [-0.39, 0.29) is 21.4 Å². The molecule has 0 aliphatic carbocycles. The number of para-hydroxylation sites is 1. The van der Waals surface area contributed by atoms with Gasteiger partial charge in [0.2, 0.25) is 10.0 Å². The molecule has 0 bridgehead atoms. The standard InChI is InChI=1S/C22H28ClN3O3S/c1-25(18-9-4-2-5-10-18)14-8-13-24-22(27)20-17-19(11-12-21(20)23)30(28,29)26-15-6-3-7-16-26/h2,4-5,9-12,17H,3,6-8,13-16H2,1H3,(H,24,27). The number of halogens is 1. The Morgan fingerprint density at radius 2 is 1.80 bits per heavy atom. The molecule has 1 N–H and O–H groups in total. The van der Waals surface area contributed by atoms with Crippen LogP contribution in [0.15, 0.2) is 53.4 Å². The number of anilines is 1. The van der Waals surface area contributed by atoms with Crippen LogP contribution >= 0.6 is 11.6 Å². The van der Waals surface area contributed by atoms with Gasteiger partial charge >= 0.3 is 0 Å². The van der Waals surface area contributed by atoms with Crippen molar-refractivity contribution in [1.82, 2.24) is 9.62 Å². The molecule has 3 rings (SSSR count). The molecule has 1 fully saturated rings. The summed E-state index contributed by atoms with van der Waals surface area (Å²) in [6.07, 6.45) is 3.51. The minimum absolute atomic E-state index is 0.114. The number of nitrogens with zero attached hydrogens (tertiary/aromatic N) is 2. The van der Waals surface area contributed by atoms with Gasteiger partial charge in [-0.2, -0.15) is 4.31 Å². The lowest BCUT2D eigenvalue weighted by Gasteiger charge is -2.26. The van der Waals surface area contributed by atoms with Crippen LogP contribution in [0, 0.1) is 0 Å². The van der Waals surface area contributed by atoms with Crippen molar-refractivity contribution in [2.24, 2.45) is 0 Å². The summed E-state index contributed by atoms with van der Waals surface area (Å²) in [5, 5.41) is 3.09. The van der Waals surface area contributed by atoms with Gasteiger partial charge in [0.1, 0.15) is 0 Å². The fourth-order valence-electron chi connectivity index (χ4n) is 3.52. The average molecular weight is 450 g/mol. The lowest BCUT2D eigenvalue weighted by Crippen LogP contribution is -2.35. The van der Waals surface area contributed by atoms with E-state index in [9.17, 15) is 13.2 Å². The van der Waals surface area contributed by atoms with Gasteiger partial charge in [-0.25, -0.2) is 8.42 Å². The maximum absolute atomic E-state index is 12.9. The summed E-state index contributed by atoms with van der Waals surface area (Å²) >= 11 is 6.19. The maximum atomic E-state index is 12.9. The van der Waals surface area contributed by atoms with Crippen molar-refractivity contribution < 1.29 is 13.2 Å². The second-order valence-electron chi connectivity index (χ2n) is 7.47. The van der Waals surface area contributed by atoms with Crippen molar-refractivity contribution in [2.75, 3.05) is 38.1 Å². The Bertz CT molecular complexity index is 961. The zero-order valence-corrected chi connectivity index (χ0v) is 18.8. The van der Waals surface area contributed by atoms with Crippen molar-refractivity contribution >= 4 is 33.2 Å². The molecule has 0 atom stereocenters. The number of carbonyl (C=O) groups excluding carboxylic acids is 1. The number of amides is 1. The summed E-state index contributed by atoms with van der Waals surface area (Å²) < 4.78 is 27.3. The number of nitrogens with one attached hydrogen (secondary N) is 1. The van der Waals surface area contributed by atoms with Gasteiger partial charge in [-0.15, -0.1) is 0 Å². The second kappa shape index (κ2) is 10.3. The Morgan fingerprint density at radius 1 is 1.10 bits per heavy atom. The highest BCUT2D eigenvalue weighted by Crippen LogP contribution is 2.25. The van der Waals surface area contributed by atoms with Crippen LogP contribution in [0.3, 0.4) is 0 Å². The van der Waals surface area contributed by atoms with Crippen molar-refractivity contribution in [2.45, 2.75) is 30.6 Å². The predicted molar refractivity (Wildman–Crippen MR) is 121 cm³/mol. The molecule has 0 radical (unpaired) electrons. The van der Waals surface area contributed by atoms with Gasteiger partial charge in [0.25, 0.3) is 5.91 Å². The molecule has 0 unspecified atom stereocenters. The molecular formula is C22H28ClN3O3S. The van der Waals surface area contributed by atoms with E-state index < -0.39 is 10.0 Å². The number of piperidine rings is 1. The molecule has 1 aliphatic rings. The van der Waals surface area contributed by atoms with Crippen LogP contribution in [0.25, 0.3) is 0 Å². The first-order valence-electron chi connectivity index (χ1n) is 10.2.